The Hall–Kier alpha value is -0.780. The van der Waals surface area contributed by atoms with Crippen LogP contribution in [-0.2, 0) is 0 Å². The highest BCUT2D eigenvalue weighted by Gasteiger charge is 1.96. The second-order valence-electron chi connectivity index (χ2n) is 4.12. The van der Waals surface area contributed by atoms with Crippen molar-refractivity contribution in [3.05, 3.63) is 35.5 Å². The zero-order valence-electron chi connectivity index (χ0n) is 9.55. The lowest BCUT2D eigenvalue weighted by molar-refractivity contribution is 0.668. The first-order valence-electron chi connectivity index (χ1n) is 5.87. The van der Waals surface area contributed by atoms with Gasteiger partial charge in [-0.3, -0.25) is 0 Å². The van der Waals surface area contributed by atoms with Gasteiger partial charge in [-0.15, -0.1) is 0 Å². The van der Waals surface area contributed by atoms with E-state index in [0.717, 1.165) is 6.42 Å². The van der Waals surface area contributed by atoms with Gasteiger partial charge in [0.1, 0.15) is 0 Å². The number of rotatable bonds is 5. The van der Waals surface area contributed by atoms with E-state index in [0.29, 0.717) is 0 Å². The first kappa shape index (κ1) is 11.3. The van der Waals surface area contributed by atoms with Crippen LogP contribution in [0.5, 0.6) is 0 Å². The van der Waals surface area contributed by atoms with Crippen molar-refractivity contribution >= 4 is 0 Å². The summed E-state index contributed by atoms with van der Waals surface area (Å²) >= 11 is 0. The number of unbranched alkanes of at least 4 members (excludes halogenated alkanes) is 3. The normalized spacial score (nSPS) is 16.1. The molecule has 0 aromatic heterocycles. The fourth-order valence-electron chi connectivity index (χ4n) is 1.78. The molecule has 0 spiro atoms. The van der Waals surface area contributed by atoms with Crippen molar-refractivity contribution in [1.82, 2.24) is 0 Å². The molecule has 0 atom stereocenters. The summed E-state index contributed by atoms with van der Waals surface area (Å²) in [4.78, 5) is 0. The summed E-state index contributed by atoms with van der Waals surface area (Å²) < 4.78 is 0. The fraction of sp³-hybridized carbons (Fsp3) is 0.571. The third kappa shape index (κ3) is 4.45. The summed E-state index contributed by atoms with van der Waals surface area (Å²) in [6, 6.07) is 0. The molecule has 0 N–H and O–H groups in total. The third-order valence-electron chi connectivity index (χ3n) is 2.64. The quantitative estimate of drug-likeness (QED) is 0.547. The Kier molecular flexibility index (Phi) is 5.36. The van der Waals surface area contributed by atoms with Crippen LogP contribution in [0.2, 0.25) is 0 Å². The van der Waals surface area contributed by atoms with E-state index in [-0.39, 0.29) is 0 Å². The van der Waals surface area contributed by atoms with Gasteiger partial charge < -0.3 is 0 Å². The lowest BCUT2D eigenvalue weighted by Gasteiger charge is -2.01. The van der Waals surface area contributed by atoms with E-state index in [9.17, 15) is 0 Å². The number of hydrogen-bond donors (Lipinski definition) is 0. The highest BCUT2D eigenvalue weighted by Crippen LogP contribution is 2.16. The summed E-state index contributed by atoms with van der Waals surface area (Å²) in [6.45, 7) is 4.46. The maximum atomic E-state index is 2.33. The molecule has 1 aliphatic carbocycles. The molecule has 1 aliphatic rings. The predicted octanol–water partition coefficient (Wildman–Crippen LogP) is 4.79. The molecule has 14 heavy (non-hydrogen) atoms. The molecule has 0 unspecified atom stereocenters. The first-order chi connectivity index (χ1) is 6.83. The van der Waals surface area contributed by atoms with Gasteiger partial charge >= 0.3 is 0 Å². The lowest BCUT2D eigenvalue weighted by Crippen LogP contribution is -1.81. The van der Waals surface area contributed by atoms with Crippen LogP contribution in [0.1, 0.15) is 52.4 Å². The Labute approximate surface area is 88.4 Å². The van der Waals surface area contributed by atoms with E-state index in [1.807, 2.05) is 0 Å². The van der Waals surface area contributed by atoms with Gasteiger partial charge in [-0.05, 0) is 31.8 Å². The zero-order chi connectivity index (χ0) is 10.2. The largest absolute Gasteiger partial charge is 0.0805 e. The second-order valence-corrected chi connectivity index (χ2v) is 4.12. The van der Waals surface area contributed by atoms with Crippen LogP contribution in [0.3, 0.4) is 0 Å². The highest BCUT2D eigenvalue weighted by molar-refractivity contribution is 5.32. The van der Waals surface area contributed by atoms with Gasteiger partial charge in [-0.1, -0.05) is 56.1 Å². The van der Waals surface area contributed by atoms with Gasteiger partial charge in [0.15, 0.2) is 0 Å². The number of allylic oxidation sites excluding steroid dienone is 6. The highest BCUT2D eigenvalue weighted by atomic mass is 14.0. The van der Waals surface area contributed by atoms with Crippen molar-refractivity contribution in [2.24, 2.45) is 0 Å². The molecule has 0 aromatic carbocycles. The molecule has 0 amide bonds. The molecule has 0 nitrogen and oxygen atoms in total. The molecule has 0 saturated heterocycles. The van der Waals surface area contributed by atoms with E-state index in [2.05, 4.69) is 38.2 Å². The molecular weight excluding hydrogens is 168 g/mol. The standard InChI is InChI=1S/C14H22/c1-3-4-5-6-10-14-11-8-7-9-13(2)12-14/h8-9,11-12H,3-7,10H2,1-2H3. The van der Waals surface area contributed by atoms with Gasteiger partial charge in [0.05, 0.1) is 0 Å². The molecule has 0 heteroatoms. The molecular formula is C14H22. The predicted molar refractivity (Wildman–Crippen MR) is 64.4 cm³/mol. The van der Waals surface area contributed by atoms with Crippen molar-refractivity contribution in [3.63, 3.8) is 0 Å². The topological polar surface area (TPSA) is 0 Å². The van der Waals surface area contributed by atoms with Crippen molar-refractivity contribution in [1.29, 1.82) is 0 Å². The third-order valence-corrected chi connectivity index (χ3v) is 2.64. The Morgan fingerprint density at radius 3 is 2.86 bits per heavy atom. The van der Waals surface area contributed by atoms with Crippen LogP contribution in [0.25, 0.3) is 0 Å². The Bertz CT molecular complexity index is 241. The van der Waals surface area contributed by atoms with Crippen LogP contribution in [-0.4, -0.2) is 0 Å². The van der Waals surface area contributed by atoms with Crippen molar-refractivity contribution in [3.8, 4) is 0 Å². The first-order valence-corrected chi connectivity index (χ1v) is 5.87. The Balaban J connectivity index is 2.32. The molecule has 0 bridgehead atoms. The van der Waals surface area contributed by atoms with E-state index in [1.165, 1.54) is 43.3 Å². The van der Waals surface area contributed by atoms with Gasteiger partial charge in [0.25, 0.3) is 0 Å². The fourth-order valence-corrected chi connectivity index (χ4v) is 1.78. The Morgan fingerprint density at radius 2 is 2.07 bits per heavy atom. The zero-order valence-corrected chi connectivity index (χ0v) is 9.55. The van der Waals surface area contributed by atoms with Crippen LogP contribution in [0, 0.1) is 0 Å². The van der Waals surface area contributed by atoms with E-state index in [4.69, 9.17) is 0 Å². The molecule has 78 valence electrons. The summed E-state index contributed by atoms with van der Waals surface area (Å²) in [5, 5.41) is 0. The summed E-state index contributed by atoms with van der Waals surface area (Å²) in [6.07, 6.45) is 17.0. The molecule has 0 fully saturated rings. The Morgan fingerprint density at radius 1 is 1.21 bits per heavy atom. The van der Waals surface area contributed by atoms with Crippen LogP contribution >= 0.6 is 0 Å². The van der Waals surface area contributed by atoms with Gasteiger partial charge in [0.2, 0.25) is 0 Å². The van der Waals surface area contributed by atoms with Crippen LogP contribution < -0.4 is 0 Å². The minimum atomic E-state index is 1.10. The van der Waals surface area contributed by atoms with Gasteiger partial charge in [-0.25, -0.2) is 0 Å². The maximum absolute atomic E-state index is 2.33. The molecule has 0 saturated carbocycles. The van der Waals surface area contributed by atoms with Crippen molar-refractivity contribution < 1.29 is 0 Å². The smallest absolute Gasteiger partial charge is 0.0160 e. The van der Waals surface area contributed by atoms with E-state index in [1.54, 1.807) is 0 Å². The average Bonchev–Trinajstić information content (AvgIpc) is 2.38. The molecule has 1 rings (SSSR count). The van der Waals surface area contributed by atoms with E-state index >= 15 is 0 Å². The molecule has 0 radical (unpaired) electrons. The summed E-state index contributed by atoms with van der Waals surface area (Å²) in [5.41, 5.74) is 2.92. The van der Waals surface area contributed by atoms with Crippen LogP contribution in [0.4, 0.5) is 0 Å². The lowest BCUT2D eigenvalue weighted by atomic mass is 10.0. The number of hydrogen-bond acceptors (Lipinski definition) is 0. The maximum Gasteiger partial charge on any atom is -0.0160 e. The molecule has 0 aromatic rings. The van der Waals surface area contributed by atoms with Crippen molar-refractivity contribution in [2.75, 3.05) is 0 Å². The van der Waals surface area contributed by atoms with Crippen LogP contribution in [0.15, 0.2) is 35.5 Å². The summed E-state index contributed by atoms with van der Waals surface area (Å²) in [5.74, 6) is 0. The minimum Gasteiger partial charge on any atom is -0.0805 e. The monoisotopic (exact) mass is 190 g/mol. The van der Waals surface area contributed by atoms with Gasteiger partial charge in [0, 0.05) is 0 Å². The van der Waals surface area contributed by atoms with E-state index < -0.39 is 0 Å². The van der Waals surface area contributed by atoms with Gasteiger partial charge in [-0.2, -0.15) is 0 Å². The summed E-state index contributed by atoms with van der Waals surface area (Å²) in [7, 11) is 0. The SMILES string of the molecule is CCCCCCC1=CC(C)=CCC=C1. The second kappa shape index (κ2) is 6.64. The van der Waals surface area contributed by atoms with Crippen molar-refractivity contribution in [2.45, 2.75) is 52.4 Å². The molecule has 0 aliphatic heterocycles. The molecule has 0 heterocycles. The average molecular weight is 190 g/mol. The minimum absolute atomic E-state index is 1.10.